The van der Waals surface area contributed by atoms with E-state index in [1.165, 1.54) is 11.0 Å². The molecule has 4 aliphatic heterocycles. The Bertz CT molecular complexity index is 2660. The third kappa shape index (κ3) is 7.33. The second kappa shape index (κ2) is 16.9. The molecule has 1 aliphatic carbocycles. The Kier molecular flexibility index (Phi) is 11.3. The second-order valence-electron chi connectivity index (χ2n) is 16.8. The van der Waals surface area contributed by atoms with E-state index in [9.17, 15) is 28.8 Å². The summed E-state index contributed by atoms with van der Waals surface area (Å²) in [7, 11) is 0. The smallest absolute Gasteiger partial charge is 0.255 e. The molecule has 15 heteroatoms. The molecule has 4 atom stereocenters. The van der Waals surface area contributed by atoms with Crippen molar-refractivity contribution in [3.05, 3.63) is 128 Å². The van der Waals surface area contributed by atoms with Crippen molar-refractivity contribution in [2.75, 3.05) is 17.2 Å². The van der Waals surface area contributed by atoms with Crippen LogP contribution >= 0.6 is 23.2 Å². The lowest BCUT2D eigenvalue weighted by Crippen LogP contribution is -2.60. The van der Waals surface area contributed by atoms with E-state index in [0.29, 0.717) is 70.9 Å². The van der Waals surface area contributed by atoms with E-state index in [1.807, 2.05) is 6.07 Å². The zero-order valence-corrected chi connectivity index (χ0v) is 35.6. The topological polar surface area (TPSA) is 166 Å². The summed E-state index contributed by atoms with van der Waals surface area (Å²) in [6, 6.07) is 19.9. The van der Waals surface area contributed by atoms with Crippen LogP contribution in [0.25, 0.3) is 0 Å². The Morgan fingerprint density at radius 3 is 2.48 bits per heavy atom. The van der Waals surface area contributed by atoms with Crippen molar-refractivity contribution >= 4 is 70.0 Å². The van der Waals surface area contributed by atoms with Gasteiger partial charge in [-0.1, -0.05) is 78.6 Å². The standard InChI is InChI=1S/C48H43Cl2FN6O6/c49-29-16-19-34-36(25-29)54-46(63)48(34)39(32-12-8-13-35(50)40(32)51)41(56-47(48)22-4-2-5-23-47)44(61)53-30-17-14-28(15-18-30)42(59)52-24-6-1-3-9-27-10-7-11-31-33(27)26-57(45(31)62)37-20-21-38(58)55-43(37)60/h7-8,10-19,25,37,39,41,56H,1-2,4-6,20-24,26H2,(H,52,59)(H,53,61)(H,54,63)(H,55,58,60)/t37?,39-,41+,48+/m0/s1. The molecule has 4 aromatic carbocycles. The van der Waals surface area contributed by atoms with E-state index in [1.54, 1.807) is 66.7 Å². The minimum atomic E-state index is -1.36. The number of benzene rings is 4. The normalized spacial score (nSPS) is 23.2. The molecule has 0 aromatic heterocycles. The number of hydrogen-bond donors (Lipinski definition) is 5. The number of piperidine rings is 1. The number of halogens is 3. The number of nitrogens with zero attached hydrogens (tertiary/aromatic N) is 1. The number of anilines is 2. The summed E-state index contributed by atoms with van der Waals surface area (Å²) < 4.78 is 16.2. The monoisotopic (exact) mass is 888 g/mol. The zero-order chi connectivity index (χ0) is 44.0. The Morgan fingerprint density at radius 2 is 1.70 bits per heavy atom. The fourth-order valence-electron chi connectivity index (χ4n) is 10.5. The minimum absolute atomic E-state index is 0.113. The molecule has 1 unspecified atom stereocenters. The fourth-order valence-corrected chi connectivity index (χ4v) is 10.8. The summed E-state index contributed by atoms with van der Waals surface area (Å²) in [6.07, 6.45) is 5.25. The number of unbranched alkanes of at least 4 members (excludes halogenated alkanes) is 1. The maximum Gasteiger partial charge on any atom is 0.255 e. The predicted octanol–water partition coefficient (Wildman–Crippen LogP) is 6.74. The third-order valence-electron chi connectivity index (χ3n) is 13.3. The quantitative estimate of drug-likeness (QED) is 0.0743. The molecule has 12 nitrogen and oxygen atoms in total. The number of nitrogens with one attached hydrogen (secondary N) is 5. The fraction of sp³-hybridized carbons (Fsp3) is 0.333. The molecule has 4 aromatic rings. The van der Waals surface area contributed by atoms with Crippen molar-refractivity contribution in [3.8, 4) is 11.8 Å². The van der Waals surface area contributed by atoms with Crippen LogP contribution in [0, 0.1) is 17.7 Å². The van der Waals surface area contributed by atoms with E-state index in [-0.39, 0.29) is 53.6 Å². The summed E-state index contributed by atoms with van der Waals surface area (Å²) >= 11 is 12.8. The maximum atomic E-state index is 16.2. The van der Waals surface area contributed by atoms with Crippen molar-refractivity contribution in [2.24, 2.45) is 0 Å². The van der Waals surface area contributed by atoms with Crippen LogP contribution in [0.4, 0.5) is 15.8 Å². The molecular formula is C48H43Cl2FN6O6. The molecule has 1 saturated carbocycles. The highest BCUT2D eigenvalue weighted by molar-refractivity contribution is 6.31. The highest BCUT2D eigenvalue weighted by Gasteiger charge is 2.72. The van der Waals surface area contributed by atoms with Gasteiger partial charge in [-0.25, -0.2) is 4.39 Å². The first kappa shape index (κ1) is 42.2. The number of carbonyl (C=O) groups excluding carboxylic acids is 6. The Hall–Kier alpha value is -6.07. The van der Waals surface area contributed by atoms with Crippen LogP contribution in [0.15, 0.2) is 78.9 Å². The third-order valence-corrected chi connectivity index (χ3v) is 13.8. The van der Waals surface area contributed by atoms with E-state index >= 15 is 4.39 Å². The summed E-state index contributed by atoms with van der Waals surface area (Å²) in [6.45, 7) is 0.581. The summed E-state index contributed by atoms with van der Waals surface area (Å²) in [4.78, 5) is 80.9. The van der Waals surface area contributed by atoms with Gasteiger partial charge in [-0.2, -0.15) is 0 Å². The molecule has 9 rings (SSSR count). The van der Waals surface area contributed by atoms with Crippen molar-refractivity contribution in [2.45, 2.75) is 93.3 Å². The van der Waals surface area contributed by atoms with Crippen LogP contribution in [0.1, 0.15) is 107 Å². The number of imide groups is 1. The first-order valence-corrected chi connectivity index (χ1v) is 21.9. The molecule has 63 heavy (non-hydrogen) atoms. The number of fused-ring (bicyclic) bond motifs is 4. The maximum absolute atomic E-state index is 16.2. The van der Waals surface area contributed by atoms with Crippen molar-refractivity contribution in [1.82, 2.24) is 20.9 Å². The van der Waals surface area contributed by atoms with Crippen molar-refractivity contribution in [3.63, 3.8) is 0 Å². The van der Waals surface area contributed by atoms with Crippen LogP contribution in [0.2, 0.25) is 10.0 Å². The van der Waals surface area contributed by atoms with Gasteiger partial charge >= 0.3 is 0 Å². The van der Waals surface area contributed by atoms with E-state index < -0.39 is 46.6 Å². The Labute approximate surface area is 373 Å². The van der Waals surface area contributed by atoms with Gasteiger partial charge in [0.2, 0.25) is 23.6 Å². The first-order chi connectivity index (χ1) is 30.4. The van der Waals surface area contributed by atoms with Gasteiger partial charge in [-0.05, 0) is 97.0 Å². The van der Waals surface area contributed by atoms with Gasteiger partial charge in [-0.3, -0.25) is 39.4 Å². The molecule has 0 bridgehead atoms. The molecule has 2 saturated heterocycles. The highest BCUT2D eigenvalue weighted by atomic mass is 35.5. The van der Waals surface area contributed by atoms with Gasteiger partial charge in [0.05, 0.1) is 11.1 Å². The van der Waals surface area contributed by atoms with Gasteiger partial charge in [0.25, 0.3) is 11.8 Å². The zero-order valence-electron chi connectivity index (χ0n) is 34.0. The average molecular weight is 890 g/mol. The molecule has 4 heterocycles. The van der Waals surface area contributed by atoms with Gasteiger partial charge in [0, 0.05) is 70.5 Å². The molecule has 5 N–H and O–H groups in total. The molecule has 2 spiro atoms. The first-order valence-electron chi connectivity index (χ1n) is 21.2. The van der Waals surface area contributed by atoms with Crippen molar-refractivity contribution < 1.29 is 33.2 Å². The van der Waals surface area contributed by atoms with Crippen LogP contribution in [0.5, 0.6) is 0 Å². The summed E-state index contributed by atoms with van der Waals surface area (Å²) in [5.74, 6) is 2.42. The number of rotatable bonds is 8. The largest absolute Gasteiger partial charge is 0.352 e. The molecule has 5 aliphatic rings. The number of carbonyl (C=O) groups is 6. The van der Waals surface area contributed by atoms with Crippen molar-refractivity contribution in [1.29, 1.82) is 0 Å². The lowest BCUT2D eigenvalue weighted by atomic mass is 9.55. The Morgan fingerprint density at radius 1 is 0.921 bits per heavy atom. The van der Waals surface area contributed by atoms with Crippen LogP contribution in [-0.4, -0.2) is 64.5 Å². The average Bonchev–Trinajstić information content (AvgIpc) is 3.87. The van der Waals surface area contributed by atoms with E-state index in [4.69, 9.17) is 23.2 Å². The SMILES string of the molecule is O=C1CCC(N2Cc3c(C#CCCCNC(=O)c4ccc(NC(=O)[C@@H]5NC6(CCCCC6)[C@@]6(C(=O)Nc7cc(Cl)ccc76)[C@H]5c5cccc(Cl)c5F)cc4)cccc3C2=O)C(=O)N1. The van der Waals surface area contributed by atoms with Gasteiger partial charge in [0.1, 0.15) is 17.3 Å². The molecule has 322 valence electrons. The molecule has 0 radical (unpaired) electrons. The second-order valence-corrected chi connectivity index (χ2v) is 17.6. The highest BCUT2D eigenvalue weighted by Crippen LogP contribution is 2.63. The lowest BCUT2D eigenvalue weighted by molar-refractivity contribution is -0.137. The van der Waals surface area contributed by atoms with E-state index in [0.717, 1.165) is 24.8 Å². The van der Waals surface area contributed by atoms with Crippen LogP contribution in [-0.2, 0) is 31.1 Å². The number of hydrogen-bond acceptors (Lipinski definition) is 7. The summed E-state index contributed by atoms with van der Waals surface area (Å²) in [5.41, 5.74) is 1.82. The van der Waals surface area contributed by atoms with Crippen LogP contribution < -0.4 is 26.6 Å². The van der Waals surface area contributed by atoms with Crippen LogP contribution in [0.3, 0.4) is 0 Å². The Balaban J connectivity index is 0.860. The van der Waals surface area contributed by atoms with Gasteiger partial charge in [0.15, 0.2) is 0 Å². The molecular weight excluding hydrogens is 846 g/mol. The number of amides is 6. The molecule has 6 amide bonds. The molecule has 3 fully saturated rings. The minimum Gasteiger partial charge on any atom is -0.352 e. The van der Waals surface area contributed by atoms with Gasteiger partial charge < -0.3 is 20.9 Å². The predicted molar refractivity (Wildman–Crippen MR) is 235 cm³/mol. The van der Waals surface area contributed by atoms with Gasteiger partial charge in [-0.15, -0.1) is 0 Å². The lowest BCUT2D eigenvalue weighted by Gasteiger charge is -2.47. The van der Waals surface area contributed by atoms with E-state index in [2.05, 4.69) is 38.4 Å². The summed E-state index contributed by atoms with van der Waals surface area (Å²) in [5, 5.41) is 15.2.